The highest BCUT2D eigenvalue weighted by Crippen LogP contribution is 2.29. The minimum absolute atomic E-state index is 0.132. The van der Waals surface area contributed by atoms with Gasteiger partial charge in [0.15, 0.2) is 0 Å². The van der Waals surface area contributed by atoms with Gasteiger partial charge in [0, 0.05) is 31.7 Å². The predicted octanol–water partition coefficient (Wildman–Crippen LogP) is 1.78. The van der Waals surface area contributed by atoms with Gasteiger partial charge in [-0.3, -0.25) is 4.79 Å². The molecule has 1 aliphatic heterocycles. The number of nitrogens with zero attached hydrogens (tertiary/aromatic N) is 1. The molecule has 0 bridgehead atoms. The summed E-state index contributed by atoms with van der Waals surface area (Å²) < 4.78 is 5.64. The maximum atomic E-state index is 12.6. The molecule has 1 amide bonds. The molecule has 2 fully saturated rings. The van der Waals surface area contributed by atoms with Crippen LogP contribution in [-0.4, -0.2) is 42.6 Å². The van der Waals surface area contributed by atoms with E-state index in [1.807, 2.05) is 4.90 Å². The molecule has 0 aromatic carbocycles. The van der Waals surface area contributed by atoms with E-state index in [-0.39, 0.29) is 18.1 Å². The largest absolute Gasteiger partial charge is 0.376 e. The molecule has 4 nitrogen and oxygen atoms in total. The first-order chi connectivity index (χ1) is 9.11. The van der Waals surface area contributed by atoms with E-state index in [0.29, 0.717) is 11.8 Å². The third-order valence-electron chi connectivity index (χ3n) is 4.75. The number of nitrogens with two attached hydrogens (primary N) is 1. The van der Waals surface area contributed by atoms with Gasteiger partial charge in [-0.05, 0) is 44.9 Å². The average molecular weight is 268 g/mol. The Bertz CT molecular complexity index is 303. The van der Waals surface area contributed by atoms with Crippen molar-refractivity contribution in [2.45, 2.75) is 58.1 Å². The minimum atomic E-state index is 0.132. The van der Waals surface area contributed by atoms with Crippen molar-refractivity contribution in [1.29, 1.82) is 0 Å². The maximum absolute atomic E-state index is 12.6. The number of rotatable bonds is 4. The second kappa shape index (κ2) is 6.71. The summed E-state index contributed by atoms with van der Waals surface area (Å²) in [6.45, 7) is 6.63. The van der Waals surface area contributed by atoms with E-state index in [4.69, 9.17) is 10.5 Å². The molecule has 4 atom stereocenters. The first-order valence-electron chi connectivity index (χ1n) is 7.77. The molecule has 0 radical (unpaired) electrons. The fourth-order valence-electron chi connectivity index (χ4n) is 3.25. The standard InChI is InChI=1S/C15H28N2O2/c1-3-17(10-13-5-4-8-19-13)15(18)12-7-6-11(2)14(16)9-12/h11-14H,3-10,16H2,1-2H3. The highest BCUT2D eigenvalue weighted by atomic mass is 16.5. The number of ether oxygens (including phenoxy) is 1. The number of hydrogen-bond acceptors (Lipinski definition) is 3. The number of amides is 1. The van der Waals surface area contributed by atoms with Crippen LogP contribution in [0.25, 0.3) is 0 Å². The van der Waals surface area contributed by atoms with E-state index >= 15 is 0 Å². The first-order valence-corrected chi connectivity index (χ1v) is 7.77. The fourth-order valence-corrected chi connectivity index (χ4v) is 3.25. The van der Waals surface area contributed by atoms with Crippen molar-refractivity contribution in [2.75, 3.05) is 19.7 Å². The molecule has 4 unspecified atom stereocenters. The monoisotopic (exact) mass is 268 g/mol. The molecule has 110 valence electrons. The van der Waals surface area contributed by atoms with Gasteiger partial charge >= 0.3 is 0 Å². The van der Waals surface area contributed by atoms with Gasteiger partial charge in [0.05, 0.1) is 6.10 Å². The van der Waals surface area contributed by atoms with Gasteiger partial charge < -0.3 is 15.4 Å². The second-order valence-electron chi connectivity index (χ2n) is 6.16. The van der Waals surface area contributed by atoms with Crippen LogP contribution in [0.15, 0.2) is 0 Å². The van der Waals surface area contributed by atoms with Crippen molar-refractivity contribution >= 4 is 5.91 Å². The molecule has 2 N–H and O–H groups in total. The van der Waals surface area contributed by atoms with Crippen LogP contribution < -0.4 is 5.73 Å². The van der Waals surface area contributed by atoms with Crippen LogP contribution >= 0.6 is 0 Å². The SMILES string of the molecule is CCN(CC1CCCO1)C(=O)C1CCC(C)C(N)C1. The molecule has 1 saturated heterocycles. The summed E-state index contributed by atoms with van der Waals surface area (Å²) >= 11 is 0. The fraction of sp³-hybridized carbons (Fsp3) is 0.933. The van der Waals surface area contributed by atoms with Crippen molar-refractivity contribution < 1.29 is 9.53 Å². The minimum Gasteiger partial charge on any atom is -0.376 e. The van der Waals surface area contributed by atoms with Crippen LogP contribution in [0.3, 0.4) is 0 Å². The Kier molecular flexibility index (Phi) is 5.22. The Morgan fingerprint density at radius 3 is 2.74 bits per heavy atom. The Hall–Kier alpha value is -0.610. The molecule has 1 saturated carbocycles. The molecule has 4 heteroatoms. The van der Waals surface area contributed by atoms with E-state index in [2.05, 4.69) is 13.8 Å². The van der Waals surface area contributed by atoms with Crippen LogP contribution in [0.1, 0.15) is 46.0 Å². The summed E-state index contributed by atoms with van der Waals surface area (Å²) in [7, 11) is 0. The lowest BCUT2D eigenvalue weighted by Gasteiger charge is -2.34. The smallest absolute Gasteiger partial charge is 0.225 e. The number of hydrogen-bond donors (Lipinski definition) is 1. The zero-order chi connectivity index (χ0) is 13.8. The van der Waals surface area contributed by atoms with Crippen molar-refractivity contribution in [3.05, 3.63) is 0 Å². The molecule has 0 aromatic heterocycles. The normalized spacial score (nSPS) is 35.3. The van der Waals surface area contributed by atoms with E-state index in [1.54, 1.807) is 0 Å². The zero-order valence-electron chi connectivity index (χ0n) is 12.3. The van der Waals surface area contributed by atoms with Gasteiger partial charge in [0.25, 0.3) is 0 Å². The molecular weight excluding hydrogens is 240 g/mol. The lowest BCUT2D eigenvalue weighted by atomic mass is 9.79. The van der Waals surface area contributed by atoms with Crippen molar-refractivity contribution in [3.63, 3.8) is 0 Å². The van der Waals surface area contributed by atoms with Crippen LogP contribution in [-0.2, 0) is 9.53 Å². The van der Waals surface area contributed by atoms with Gasteiger partial charge in [-0.1, -0.05) is 6.92 Å². The molecule has 1 aliphatic carbocycles. The van der Waals surface area contributed by atoms with Gasteiger partial charge in [-0.25, -0.2) is 0 Å². The van der Waals surface area contributed by atoms with E-state index < -0.39 is 0 Å². The second-order valence-corrected chi connectivity index (χ2v) is 6.16. The molecular formula is C15H28N2O2. The summed E-state index contributed by atoms with van der Waals surface area (Å²) in [6, 6.07) is 0.184. The van der Waals surface area contributed by atoms with Crippen molar-refractivity contribution in [2.24, 2.45) is 17.6 Å². The summed E-state index contributed by atoms with van der Waals surface area (Å²) in [6.07, 6.45) is 5.39. The molecule has 1 heterocycles. The summed E-state index contributed by atoms with van der Waals surface area (Å²) in [5.74, 6) is 0.977. The maximum Gasteiger partial charge on any atom is 0.225 e. The van der Waals surface area contributed by atoms with Crippen LogP contribution in [0, 0.1) is 11.8 Å². The topological polar surface area (TPSA) is 55.6 Å². The highest BCUT2D eigenvalue weighted by molar-refractivity contribution is 5.79. The Morgan fingerprint density at radius 1 is 1.37 bits per heavy atom. The first kappa shape index (κ1) is 14.8. The molecule has 0 aromatic rings. The molecule has 2 rings (SSSR count). The van der Waals surface area contributed by atoms with Crippen molar-refractivity contribution in [3.8, 4) is 0 Å². The van der Waals surface area contributed by atoms with E-state index in [9.17, 15) is 4.79 Å². The Labute approximate surface area is 116 Å². The summed E-state index contributed by atoms with van der Waals surface area (Å²) in [5, 5.41) is 0. The Balaban J connectivity index is 1.88. The van der Waals surface area contributed by atoms with Crippen LogP contribution in [0.4, 0.5) is 0 Å². The van der Waals surface area contributed by atoms with E-state index in [1.165, 1.54) is 0 Å². The van der Waals surface area contributed by atoms with Gasteiger partial charge in [-0.15, -0.1) is 0 Å². The molecule has 19 heavy (non-hydrogen) atoms. The highest BCUT2D eigenvalue weighted by Gasteiger charge is 2.32. The lowest BCUT2D eigenvalue weighted by molar-refractivity contribution is -0.138. The molecule has 2 aliphatic rings. The van der Waals surface area contributed by atoms with Crippen LogP contribution in [0.5, 0.6) is 0 Å². The van der Waals surface area contributed by atoms with Crippen molar-refractivity contribution in [1.82, 2.24) is 4.90 Å². The van der Waals surface area contributed by atoms with Crippen LogP contribution in [0.2, 0.25) is 0 Å². The average Bonchev–Trinajstić information content (AvgIpc) is 2.91. The number of carbonyl (C=O) groups excluding carboxylic acids is 1. The Morgan fingerprint density at radius 2 is 2.16 bits per heavy atom. The predicted molar refractivity (Wildman–Crippen MR) is 75.7 cm³/mol. The summed E-state index contributed by atoms with van der Waals surface area (Å²) in [4.78, 5) is 14.6. The third-order valence-corrected chi connectivity index (χ3v) is 4.75. The number of likely N-dealkylation sites (N-methyl/N-ethyl adjacent to an activating group) is 1. The van der Waals surface area contributed by atoms with E-state index in [0.717, 1.165) is 51.8 Å². The van der Waals surface area contributed by atoms with Gasteiger partial charge in [0.1, 0.15) is 0 Å². The van der Waals surface area contributed by atoms with Gasteiger partial charge in [-0.2, -0.15) is 0 Å². The molecule has 0 spiro atoms. The quantitative estimate of drug-likeness (QED) is 0.845. The number of carbonyl (C=O) groups is 1. The van der Waals surface area contributed by atoms with Gasteiger partial charge in [0.2, 0.25) is 5.91 Å². The summed E-state index contributed by atoms with van der Waals surface area (Å²) in [5.41, 5.74) is 6.12. The zero-order valence-corrected chi connectivity index (χ0v) is 12.3. The third kappa shape index (κ3) is 3.69. The lowest BCUT2D eigenvalue weighted by Crippen LogP contribution is -2.45.